The minimum Gasteiger partial charge on any atom is -0.385 e. The van der Waals surface area contributed by atoms with Crippen molar-refractivity contribution in [3.63, 3.8) is 0 Å². The predicted molar refractivity (Wildman–Crippen MR) is 114 cm³/mol. The number of carbonyl (C=O) groups is 2. The molecule has 31 heavy (non-hydrogen) atoms. The number of fused-ring (bicyclic) bond motifs is 2. The van der Waals surface area contributed by atoms with Crippen LogP contribution in [0.5, 0.6) is 0 Å². The van der Waals surface area contributed by atoms with Crippen molar-refractivity contribution in [3.05, 3.63) is 65.1 Å². The number of benzene rings is 2. The summed E-state index contributed by atoms with van der Waals surface area (Å²) in [7, 11) is 1.98. The standard InChI is InChI=1S/C22H20FN5O3/c1-28-9-13(10-28)24-18(29)11-31-27-20-14-4-2-3-5-16(14)25-21(20)19-15-8-12(23)6-7-17(15)26-22(19)30/h2-8,13,25H,9-11H2,1H3,(H,24,29)(H,26,30)/b21-19-,27-20+. The van der Waals surface area contributed by atoms with E-state index in [1.807, 2.05) is 31.3 Å². The number of rotatable bonds is 4. The van der Waals surface area contributed by atoms with E-state index in [0.717, 1.165) is 24.3 Å². The molecule has 0 unspecified atom stereocenters. The average molecular weight is 421 g/mol. The monoisotopic (exact) mass is 421 g/mol. The molecular formula is C22H20FN5O3. The number of nitrogens with zero attached hydrogens (tertiary/aromatic N) is 2. The number of amides is 2. The summed E-state index contributed by atoms with van der Waals surface area (Å²) in [6.45, 7) is 1.36. The smallest absolute Gasteiger partial charge is 0.261 e. The van der Waals surface area contributed by atoms with Crippen LogP contribution in [0, 0.1) is 5.82 Å². The average Bonchev–Trinajstić information content (AvgIpc) is 3.23. The van der Waals surface area contributed by atoms with Crippen LogP contribution in [0.25, 0.3) is 5.57 Å². The number of allylic oxidation sites excluding steroid dienone is 1. The molecule has 0 spiro atoms. The molecule has 0 bridgehead atoms. The number of para-hydroxylation sites is 1. The Hall–Kier alpha value is -3.72. The number of carbonyl (C=O) groups excluding carboxylic acids is 2. The molecule has 2 amide bonds. The highest BCUT2D eigenvalue weighted by Gasteiger charge is 2.34. The van der Waals surface area contributed by atoms with Crippen LogP contribution < -0.4 is 16.0 Å². The lowest BCUT2D eigenvalue weighted by Crippen LogP contribution is -2.58. The summed E-state index contributed by atoms with van der Waals surface area (Å²) in [6, 6.07) is 11.6. The van der Waals surface area contributed by atoms with Gasteiger partial charge in [-0.25, -0.2) is 4.39 Å². The van der Waals surface area contributed by atoms with Gasteiger partial charge in [0, 0.05) is 35.6 Å². The summed E-state index contributed by atoms with van der Waals surface area (Å²) in [5, 5.41) is 13.0. The van der Waals surface area contributed by atoms with Gasteiger partial charge in [0.2, 0.25) is 0 Å². The third-order valence-corrected chi connectivity index (χ3v) is 5.44. The van der Waals surface area contributed by atoms with Crippen LogP contribution in [-0.2, 0) is 14.4 Å². The second-order valence-electron chi connectivity index (χ2n) is 7.76. The van der Waals surface area contributed by atoms with Gasteiger partial charge in [-0.1, -0.05) is 23.4 Å². The summed E-state index contributed by atoms with van der Waals surface area (Å²) in [6.07, 6.45) is 0. The van der Waals surface area contributed by atoms with Crippen LogP contribution in [0.4, 0.5) is 15.8 Å². The van der Waals surface area contributed by atoms with E-state index in [4.69, 9.17) is 4.84 Å². The molecular weight excluding hydrogens is 401 g/mol. The second kappa shape index (κ2) is 7.51. The zero-order chi connectivity index (χ0) is 21.5. The molecule has 0 aliphatic carbocycles. The number of halogens is 1. The first kappa shape index (κ1) is 19.3. The van der Waals surface area contributed by atoms with Gasteiger partial charge in [-0.05, 0) is 31.3 Å². The summed E-state index contributed by atoms with van der Waals surface area (Å²) in [5.74, 6) is -1.07. The van der Waals surface area contributed by atoms with E-state index >= 15 is 0 Å². The quantitative estimate of drug-likeness (QED) is 0.517. The number of likely N-dealkylation sites (N-methyl/N-ethyl adjacent to an activating group) is 1. The maximum atomic E-state index is 13.9. The number of oxime groups is 1. The number of likely N-dealkylation sites (tertiary alicyclic amines) is 1. The molecule has 8 nitrogen and oxygen atoms in total. The van der Waals surface area contributed by atoms with Crippen molar-refractivity contribution in [2.45, 2.75) is 6.04 Å². The number of hydrogen-bond donors (Lipinski definition) is 3. The number of nitrogens with one attached hydrogen (secondary N) is 3. The molecule has 2 aromatic carbocycles. The van der Waals surface area contributed by atoms with Crippen LogP contribution in [0.15, 0.2) is 53.3 Å². The maximum Gasteiger partial charge on any atom is 0.261 e. The van der Waals surface area contributed by atoms with Crippen LogP contribution in [0.2, 0.25) is 0 Å². The molecule has 158 valence electrons. The zero-order valence-corrected chi connectivity index (χ0v) is 16.7. The largest absolute Gasteiger partial charge is 0.385 e. The Bertz CT molecular complexity index is 1150. The van der Waals surface area contributed by atoms with E-state index in [9.17, 15) is 14.0 Å². The van der Waals surface area contributed by atoms with Crippen molar-refractivity contribution in [3.8, 4) is 0 Å². The third kappa shape index (κ3) is 3.53. The Morgan fingerprint density at radius 2 is 1.97 bits per heavy atom. The fourth-order valence-corrected chi connectivity index (χ4v) is 4.01. The van der Waals surface area contributed by atoms with E-state index in [2.05, 4.69) is 26.0 Å². The Labute approximate surface area is 177 Å². The Morgan fingerprint density at radius 1 is 1.19 bits per heavy atom. The van der Waals surface area contributed by atoms with Gasteiger partial charge in [0.15, 0.2) is 6.61 Å². The van der Waals surface area contributed by atoms with Gasteiger partial charge in [-0.15, -0.1) is 0 Å². The van der Waals surface area contributed by atoms with Crippen LogP contribution in [-0.4, -0.2) is 55.2 Å². The molecule has 2 aromatic rings. The summed E-state index contributed by atoms with van der Waals surface area (Å²) in [4.78, 5) is 32.3. The minimum absolute atomic E-state index is 0.119. The van der Waals surface area contributed by atoms with Crippen LogP contribution in [0.1, 0.15) is 11.1 Å². The van der Waals surface area contributed by atoms with Gasteiger partial charge in [0.05, 0.1) is 17.3 Å². The molecule has 0 aromatic heterocycles. The summed E-state index contributed by atoms with van der Waals surface area (Å²) >= 11 is 0. The summed E-state index contributed by atoms with van der Waals surface area (Å²) < 4.78 is 13.9. The fraction of sp³-hybridized carbons (Fsp3) is 0.227. The van der Waals surface area contributed by atoms with Crippen molar-refractivity contribution in [1.82, 2.24) is 10.2 Å². The maximum absolute atomic E-state index is 13.9. The van der Waals surface area contributed by atoms with Gasteiger partial charge >= 0.3 is 0 Å². The van der Waals surface area contributed by atoms with Crippen molar-refractivity contribution in [1.29, 1.82) is 0 Å². The first-order valence-electron chi connectivity index (χ1n) is 9.90. The SMILES string of the molecule is CN1CC(NC(=O)CO/N=C2/C(=C3/C(=O)Nc4ccc(F)cc43)Nc3ccccc32)C1. The molecule has 1 fully saturated rings. The van der Waals surface area contributed by atoms with Gasteiger partial charge in [0.25, 0.3) is 11.8 Å². The topological polar surface area (TPSA) is 95.1 Å². The zero-order valence-electron chi connectivity index (χ0n) is 16.7. The van der Waals surface area contributed by atoms with Crippen molar-refractivity contribution in [2.24, 2.45) is 5.16 Å². The van der Waals surface area contributed by atoms with Crippen molar-refractivity contribution >= 4 is 34.5 Å². The Morgan fingerprint density at radius 3 is 2.77 bits per heavy atom. The Kier molecular flexibility index (Phi) is 4.67. The second-order valence-corrected chi connectivity index (χ2v) is 7.76. The van der Waals surface area contributed by atoms with E-state index in [-0.39, 0.29) is 30.0 Å². The predicted octanol–water partition coefficient (Wildman–Crippen LogP) is 1.77. The lowest BCUT2D eigenvalue weighted by molar-refractivity contribution is -0.127. The molecule has 5 rings (SSSR count). The van der Waals surface area contributed by atoms with E-state index in [1.165, 1.54) is 18.2 Å². The van der Waals surface area contributed by atoms with E-state index < -0.39 is 5.82 Å². The highest BCUT2D eigenvalue weighted by Crippen LogP contribution is 2.39. The lowest BCUT2D eigenvalue weighted by atomic mass is 10.0. The molecule has 3 aliphatic rings. The highest BCUT2D eigenvalue weighted by atomic mass is 19.1. The molecule has 3 aliphatic heterocycles. The van der Waals surface area contributed by atoms with Crippen molar-refractivity contribution < 1.29 is 18.8 Å². The molecule has 0 radical (unpaired) electrons. The Balaban J connectivity index is 1.45. The molecule has 3 heterocycles. The molecule has 9 heteroatoms. The number of hydrogen-bond acceptors (Lipinski definition) is 6. The van der Waals surface area contributed by atoms with Gasteiger partial charge in [-0.3, -0.25) is 9.59 Å². The normalized spacial score (nSPS) is 21.2. The van der Waals surface area contributed by atoms with Gasteiger partial charge in [0.1, 0.15) is 11.5 Å². The molecule has 0 atom stereocenters. The first-order valence-corrected chi connectivity index (χ1v) is 9.90. The van der Waals surface area contributed by atoms with Crippen LogP contribution in [0.3, 0.4) is 0 Å². The third-order valence-electron chi connectivity index (χ3n) is 5.44. The lowest BCUT2D eigenvalue weighted by Gasteiger charge is -2.36. The van der Waals surface area contributed by atoms with Crippen LogP contribution >= 0.6 is 0 Å². The van der Waals surface area contributed by atoms with Gasteiger partial charge in [-0.2, -0.15) is 0 Å². The fourth-order valence-electron chi connectivity index (χ4n) is 4.01. The summed E-state index contributed by atoms with van der Waals surface area (Å²) in [5.41, 5.74) is 3.50. The van der Waals surface area contributed by atoms with E-state index in [1.54, 1.807) is 0 Å². The molecule has 0 saturated carbocycles. The number of anilines is 2. The first-order chi connectivity index (χ1) is 15.0. The van der Waals surface area contributed by atoms with Crippen molar-refractivity contribution in [2.75, 3.05) is 37.4 Å². The molecule has 3 N–H and O–H groups in total. The molecule has 1 saturated heterocycles. The minimum atomic E-state index is -0.447. The van der Waals surface area contributed by atoms with E-state index in [0.29, 0.717) is 22.7 Å². The highest BCUT2D eigenvalue weighted by molar-refractivity contribution is 6.39. The van der Waals surface area contributed by atoms with Gasteiger partial charge < -0.3 is 25.7 Å².